The van der Waals surface area contributed by atoms with Crippen LogP contribution in [0, 0.1) is 6.92 Å². The number of hydrogen-bond acceptors (Lipinski definition) is 7. The largest absolute Gasteiger partial charge is 0.393 e. The maximum Gasteiger partial charge on any atom is 0.351 e. The molecule has 4 rings (SSSR count). The molecule has 3 heterocycles. The van der Waals surface area contributed by atoms with Crippen molar-refractivity contribution in [1.82, 2.24) is 9.55 Å². The lowest BCUT2D eigenvalue weighted by atomic mass is 9.95. The summed E-state index contributed by atoms with van der Waals surface area (Å²) in [5.41, 5.74) is -0.957. The van der Waals surface area contributed by atoms with Gasteiger partial charge < -0.3 is 25.0 Å². The van der Waals surface area contributed by atoms with Crippen molar-refractivity contribution in [2.24, 2.45) is 0 Å². The van der Waals surface area contributed by atoms with Gasteiger partial charge in [0.15, 0.2) is 6.23 Å². The number of aliphatic hydroxyl groups is 2. The summed E-state index contributed by atoms with van der Waals surface area (Å²) in [6.07, 6.45) is -1.81. The lowest BCUT2D eigenvalue weighted by molar-refractivity contribution is -0.218. The van der Waals surface area contributed by atoms with Gasteiger partial charge in [-0.05, 0) is 26.0 Å². The Morgan fingerprint density at radius 3 is 2.71 bits per heavy atom. The van der Waals surface area contributed by atoms with Crippen molar-refractivity contribution >= 4 is 11.7 Å². The molecule has 28 heavy (non-hydrogen) atoms. The van der Waals surface area contributed by atoms with Crippen LogP contribution < -0.4 is 11.0 Å². The second kappa shape index (κ2) is 6.78. The summed E-state index contributed by atoms with van der Waals surface area (Å²) < 4.78 is 12.7. The van der Waals surface area contributed by atoms with Crippen LogP contribution >= 0.6 is 0 Å². The summed E-state index contributed by atoms with van der Waals surface area (Å²) in [6.45, 7) is 2.96. The van der Waals surface area contributed by atoms with E-state index in [2.05, 4.69) is 10.3 Å². The number of amides is 1. The Labute approximate surface area is 160 Å². The van der Waals surface area contributed by atoms with Crippen LogP contribution in [0.25, 0.3) is 0 Å². The van der Waals surface area contributed by atoms with Gasteiger partial charge in [-0.2, -0.15) is 4.98 Å². The van der Waals surface area contributed by atoms with Gasteiger partial charge in [0.05, 0.1) is 12.7 Å². The number of aryl methyl sites for hydroxylation is 1. The topological polar surface area (TPSA) is 123 Å². The number of hydrogen-bond donors (Lipinski definition) is 3. The van der Waals surface area contributed by atoms with Crippen molar-refractivity contribution in [2.45, 2.75) is 44.0 Å². The molecular weight excluding hydrogens is 366 g/mol. The molecule has 1 aromatic heterocycles. The summed E-state index contributed by atoms with van der Waals surface area (Å²) in [7, 11) is 0. The number of nitrogens with zero attached hydrogens (tertiary/aromatic N) is 2. The Kier molecular flexibility index (Phi) is 4.54. The fourth-order valence-corrected chi connectivity index (χ4v) is 3.74. The molecule has 148 valence electrons. The Bertz CT molecular complexity index is 962. The highest BCUT2D eigenvalue weighted by Crippen LogP contribution is 2.48. The van der Waals surface area contributed by atoms with Crippen LogP contribution in [0.4, 0.5) is 5.82 Å². The zero-order chi connectivity index (χ0) is 20.1. The normalized spacial score (nSPS) is 31.1. The highest BCUT2D eigenvalue weighted by Gasteiger charge is 2.65. The lowest BCUT2D eigenvalue weighted by Gasteiger charge is -2.34. The first-order valence-electron chi connectivity index (χ1n) is 8.96. The summed E-state index contributed by atoms with van der Waals surface area (Å²) in [5.74, 6) is -0.235. The molecule has 9 nitrogen and oxygen atoms in total. The predicted molar refractivity (Wildman–Crippen MR) is 97.9 cm³/mol. The lowest BCUT2D eigenvalue weighted by Crippen LogP contribution is -2.49. The van der Waals surface area contributed by atoms with Crippen LogP contribution in [-0.4, -0.2) is 56.2 Å². The van der Waals surface area contributed by atoms with E-state index in [0.717, 1.165) is 0 Å². The Morgan fingerprint density at radius 1 is 1.36 bits per heavy atom. The van der Waals surface area contributed by atoms with Gasteiger partial charge in [0.25, 0.3) is 5.91 Å². The number of fused-ring (bicyclic) bond motifs is 2. The molecule has 2 bridgehead atoms. The van der Waals surface area contributed by atoms with Gasteiger partial charge in [0, 0.05) is 17.3 Å². The second-order valence-electron chi connectivity index (χ2n) is 7.09. The molecule has 2 aliphatic heterocycles. The van der Waals surface area contributed by atoms with E-state index >= 15 is 0 Å². The van der Waals surface area contributed by atoms with Crippen molar-refractivity contribution in [3.8, 4) is 0 Å². The fourth-order valence-electron chi connectivity index (χ4n) is 3.74. The molecule has 0 aliphatic carbocycles. The molecule has 9 heteroatoms. The molecule has 1 aromatic carbocycles. The van der Waals surface area contributed by atoms with Gasteiger partial charge in [-0.1, -0.05) is 18.2 Å². The van der Waals surface area contributed by atoms with Crippen molar-refractivity contribution in [3.05, 3.63) is 58.1 Å². The van der Waals surface area contributed by atoms with E-state index < -0.39 is 42.4 Å². The molecule has 0 unspecified atom stereocenters. The summed E-state index contributed by atoms with van der Waals surface area (Å²) in [5, 5.41) is 22.8. The summed E-state index contributed by atoms with van der Waals surface area (Å²) in [4.78, 5) is 28.8. The third-order valence-corrected chi connectivity index (χ3v) is 5.41. The van der Waals surface area contributed by atoms with E-state index in [1.54, 1.807) is 44.2 Å². The minimum Gasteiger partial charge on any atom is -0.393 e. The number of nitrogens with one attached hydrogen (secondary N) is 1. The molecule has 5 atom stereocenters. The van der Waals surface area contributed by atoms with Crippen molar-refractivity contribution in [2.75, 3.05) is 11.9 Å². The van der Waals surface area contributed by atoms with Crippen LogP contribution in [-0.2, 0) is 9.47 Å². The average molecular weight is 387 g/mol. The van der Waals surface area contributed by atoms with Gasteiger partial charge in [-0.25, -0.2) is 4.79 Å². The number of anilines is 1. The van der Waals surface area contributed by atoms with Gasteiger partial charge in [0.1, 0.15) is 23.6 Å². The standard InChI is InChI=1S/C19H21N3O6/c1-10-8-22(17-13-14(24)19(9-23,28-17)11(2)27-13)18(26)21-15(10)20-16(25)12-6-4-3-5-7-12/h3-8,11,13-14,17,23-24H,9H2,1-2H3,(H,20,21,25,26)/t11-,13+,14-,17+,19-/m0/s1. The van der Waals surface area contributed by atoms with Crippen LogP contribution in [0.3, 0.4) is 0 Å². The summed E-state index contributed by atoms with van der Waals surface area (Å²) >= 11 is 0. The van der Waals surface area contributed by atoms with Crippen LogP contribution in [0.1, 0.15) is 29.1 Å². The monoisotopic (exact) mass is 387 g/mol. The number of ether oxygens (including phenoxy) is 2. The van der Waals surface area contributed by atoms with E-state index in [1.165, 1.54) is 10.8 Å². The molecule has 1 amide bonds. The molecule has 2 aliphatic rings. The number of rotatable bonds is 4. The SMILES string of the molecule is Cc1cn([C@@H]2O[C@@]3(CO)[C@H](C)O[C@@H]2[C@@H]3O)c(=O)nc1NC(=O)c1ccccc1. The van der Waals surface area contributed by atoms with Crippen molar-refractivity contribution in [1.29, 1.82) is 0 Å². The highest BCUT2D eigenvalue weighted by molar-refractivity contribution is 6.03. The van der Waals surface area contributed by atoms with E-state index in [0.29, 0.717) is 11.1 Å². The van der Waals surface area contributed by atoms with E-state index in [1.807, 2.05) is 0 Å². The molecule has 2 saturated heterocycles. The molecular formula is C19H21N3O6. The maximum absolute atomic E-state index is 12.6. The first kappa shape index (κ1) is 18.8. The van der Waals surface area contributed by atoms with Crippen LogP contribution in [0.15, 0.2) is 41.3 Å². The zero-order valence-electron chi connectivity index (χ0n) is 15.4. The zero-order valence-corrected chi connectivity index (χ0v) is 15.4. The van der Waals surface area contributed by atoms with Crippen molar-refractivity contribution < 1.29 is 24.5 Å². The fraction of sp³-hybridized carbons (Fsp3) is 0.421. The third-order valence-electron chi connectivity index (χ3n) is 5.41. The first-order chi connectivity index (χ1) is 13.4. The molecule has 3 N–H and O–H groups in total. The Balaban J connectivity index is 1.61. The molecule has 0 radical (unpaired) electrons. The molecule has 0 spiro atoms. The van der Waals surface area contributed by atoms with E-state index in [4.69, 9.17) is 9.47 Å². The molecule has 0 saturated carbocycles. The Hall–Kier alpha value is -2.59. The molecule has 2 aromatic rings. The number of aromatic nitrogens is 2. The third kappa shape index (κ3) is 2.75. The molecule has 2 fully saturated rings. The van der Waals surface area contributed by atoms with E-state index in [9.17, 15) is 19.8 Å². The predicted octanol–water partition coefficient (Wildman–Crippen LogP) is 0.212. The van der Waals surface area contributed by atoms with Gasteiger partial charge in [-0.3, -0.25) is 9.36 Å². The van der Waals surface area contributed by atoms with Gasteiger partial charge in [-0.15, -0.1) is 0 Å². The van der Waals surface area contributed by atoms with Crippen LogP contribution in [0.2, 0.25) is 0 Å². The quantitative estimate of drug-likeness (QED) is 0.685. The maximum atomic E-state index is 12.6. The van der Waals surface area contributed by atoms with Crippen LogP contribution in [0.5, 0.6) is 0 Å². The number of carbonyl (C=O) groups excluding carboxylic acids is 1. The number of carbonyl (C=O) groups is 1. The minimum absolute atomic E-state index is 0.143. The van der Waals surface area contributed by atoms with Gasteiger partial charge in [0.2, 0.25) is 0 Å². The smallest absolute Gasteiger partial charge is 0.351 e. The minimum atomic E-state index is -1.27. The van der Waals surface area contributed by atoms with Gasteiger partial charge >= 0.3 is 5.69 Å². The van der Waals surface area contributed by atoms with E-state index in [-0.39, 0.29) is 11.7 Å². The number of benzene rings is 1. The second-order valence-corrected chi connectivity index (χ2v) is 7.09. The first-order valence-corrected chi connectivity index (χ1v) is 8.96. The summed E-state index contributed by atoms with van der Waals surface area (Å²) in [6, 6.07) is 8.59. The average Bonchev–Trinajstić information content (AvgIpc) is 3.11. The highest BCUT2D eigenvalue weighted by atomic mass is 16.7. The van der Waals surface area contributed by atoms with Crippen molar-refractivity contribution in [3.63, 3.8) is 0 Å². The Morgan fingerprint density at radius 2 is 2.07 bits per heavy atom. The number of aliphatic hydroxyl groups excluding tert-OH is 2.